The molecule has 1 fully saturated rings. The molecule has 0 aromatic heterocycles. The first-order chi connectivity index (χ1) is 13.3. The fraction of sp³-hybridized carbons (Fsp3) is 0.318. The molecule has 0 radical (unpaired) electrons. The normalized spacial score (nSPS) is 18.7. The second-order valence-corrected chi connectivity index (χ2v) is 7.36. The van der Waals surface area contributed by atoms with Crippen molar-refractivity contribution in [3.8, 4) is 0 Å². The van der Waals surface area contributed by atoms with E-state index in [1.807, 2.05) is 25.1 Å². The molecule has 0 spiro atoms. The van der Waals surface area contributed by atoms with E-state index in [4.69, 9.17) is 5.11 Å². The van der Waals surface area contributed by atoms with Crippen LogP contribution in [0.25, 0.3) is 0 Å². The van der Waals surface area contributed by atoms with Gasteiger partial charge in [-0.1, -0.05) is 30.3 Å². The van der Waals surface area contributed by atoms with E-state index in [9.17, 15) is 14.4 Å². The summed E-state index contributed by atoms with van der Waals surface area (Å²) in [5, 5.41) is 9.00. The number of carboxylic acids is 1. The van der Waals surface area contributed by atoms with Crippen LogP contribution in [0.1, 0.15) is 46.0 Å². The van der Waals surface area contributed by atoms with Crippen molar-refractivity contribution < 1.29 is 19.5 Å². The summed E-state index contributed by atoms with van der Waals surface area (Å²) in [5.41, 5.74) is 0.738. The van der Waals surface area contributed by atoms with Gasteiger partial charge in [0.05, 0.1) is 5.56 Å². The van der Waals surface area contributed by atoms with E-state index < -0.39 is 11.5 Å². The summed E-state index contributed by atoms with van der Waals surface area (Å²) in [4.78, 5) is 40.4. The van der Waals surface area contributed by atoms with Crippen LogP contribution in [-0.4, -0.2) is 51.8 Å². The van der Waals surface area contributed by atoms with E-state index in [1.165, 1.54) is 12.1 Å². The lowest BCUT2D eigenvalue weighted by atomic mass is 9.95. The van der Waals surface area contributed by atoms with Crippen molar-refractivity contribution in [2.24, 2.45) is 0 Å². The van der Waals surface area contributed by atoms with Crippen LogP contribution < -0.4 is 0 Å². The summed E-state index contributed by atoms with van der Waals surface area (Å²) in [6, 6.07) is 15.5. The van der Waals surface area contributed by atoms with Crippen molar-refractivity contribution in [1.82, 2.24) is 9.80 Å². The predicted octanol–water partition coefficient (Wildman–Crippen LogP) is 3.04. The van der Waals surface area contributed by atoms with Crippen LogP contribution in [0.15, 0.2) is 54.6 Å². The summed E-state index contributed by atoms with van der Waals surface area (Å²) >= 11 is 0. The number of likely N-dealkylation sites (tertiary alicyclic amines) is 1. The number of aromatic carboxylic acids is 1. The Balaban J connectivity index is 1.75. The van der Waals surface area contributed by atoms with Crippen LogP contribution in [0, 0.1) is 0 Å². The van der Waals surface area contributed by atoms with E-state index in [0.29, 0.717) is 25.1 Å². The molecule has 6 nitrogen and oxygen atoms in total. The van der Waals surface area contributed by atoms with Gasteiger partial charge in [0.2, 0.25) is 5.91 Å². The van der Waals surface area contributed by atoms with Gasteiger partial charge < -0.3 is 14.9 Å². The second kappa shape index (κ2) is 7.84. The number of benzene rings is 2. The molecule has 2 aromatic carbocycles. The molecule has 3 rings (SSSR count). The number of hydrogen-bond donors (Lipinski definition) is 1. The lowest BCUT2D eigenvalue weighted by molar-refractivity contribution is -0.140. The number of hydrogen-bond acceptors (Lipinski definition) is 3. The quantitative estimate of drug-likeness (QED) is 0.865. The third kappa shape index (κ3) is 3.76. The number of carbonyl (C=O) groups excluding carboxylic acids is 2. The molecule has 1 unspecified atom stereocenters. The number of carbonyl (C=O) groups is 3. The number of carboxylic acid groups (broad SMARTS) is 1. The van der Waals surface area contributed by atoms with Crippen molar-refractivity contribution in [2.75, 3.05) is 13.6 Å². The van der Waals surface area contributed by atoms with Gasteiger partial charge in [0, 0.05) is 25.7 Å². The molecule has 6 heteroatoms. The lowest BCUT2D eigenvalue weighted by Crippen LogP contribution is -2.55. The highest BCUT2D eigenvalue weighted by molar-refractivity contribution is 5.99. The molecule has 0 saturated carbocycles. The van der Waals surface area contributed by atoms with Crippen LogP contribution in [0.3, 0.4) is 0 Å². The highest BCUT2D eigenvalue weighted by atomic mass is 16.4. The molecular formula is C22H24N2O4. The van der Waals surface area contributed by atoms with E-state index >= 15 is 0 Å². The average Bonchev–Trinajstić information content (AvgIpc) is 3.10. The molecule has 2 aromatic rings. The SMILES string of the molecule is CN(Cc1ccc(C(=O)O)cc1)C(=O)C1(C)CCCN1C(=O)c1ccccc1. The summed E-state index contributed by atoms with van der Waals surface area (Å²) in [7, 11) is 1.71. The minimum atomic E-state index is -0.982. The van der Waals surface area contributed by atoms with Crippen LogP contribution in [0.5, 0.6) is 0 Å². The fourth-order valence-electron chi connectivity index (χ4n) is 3.76. The van der Waals surface area contributed by atoms with Gasteiger partial charge >= 0.3 is 5.97 Å². The molecule has 1 N–H and O–H groups in total. The highest BCUT2D eigenvalue weighted by Gasteiger charge is 2.47. The molecule has 28 heavy (non-hydrogen) atoms. The van der Waals surface area contributed by atoms with Gasteiger partial charge in [-0.25, -0.2) is 4.79 Å². The average molecular weight is 380 g/mol. The Morgan fingerprint density at radius 2 is 1.68 bits per heavy atom. The zero-order valence-electron chi connectivity index (χ0n) is 16.1. The molecule has 1 saturated heterocycles. The molecular weight excluding hydrogens is 356 g/mol. The van der Waals surface area contributed by atoms with Crippen LogP contribution in [0.2, 0.25) is 0 Å². The molecule has 2 amide bonds. The summed E-state index contributed by atoms with van der Waals surface area (Å²) in [6.07, 6.45) is 1.40. The maximum Gasteiger partial charge on any atom is 0.335 e. The van der Waals surface area contributed by atoms with Crippen LogP contribution in [-0.2, 0) is 11.3 Å². The topological polar surface area (TPSA) is 77.9 Å². The van der Waals surface area contributed by atoms with E-state index in [2.05, 4.69) is 0 Å². The number of amides is 2. The standard InChI is InChI=1S/C22H24N2O4/c1-22(13-6-14-24(22)19(25)17-7-4-3-5-8-17)21(28)23(2)15-16-9-11-18(12-10-16)20(26)27/h3-5,7-12H,6,13-15H2,1-2H3,(H,26,27). The van der Waals surface area contributed by atoms with Gasteiger partial charge in [-0.15, -0.1) is 0 Å². The first-order valence-electron chi connectivity index (χ1n) is 9.28. The molecule has 0 aliphatic carbocycles. The van der Waals surface area contributed by atoms with E-state index in [-0.39, 0.29) is 17.4 Å². The smallest absolute Gasteiger partial charge is 0.335 e. The Bertz CT molecular complexity index is 879. The summed E-state index contributed by atoms with van der Waals surface area (Å²) < 4.78 is 0. The summed E-state index contributed by atoms with van der Waals surface area (Å²) in [6.45, 7) is 2.73. The number of rotatable bonds is 5. The zero-order chi connectivity index (χ0) is 20.3. The fourth-order valence-corrected chi connectivity index (χ4v) is 3.76. The third-order valence-corrected chi connectivity index (χ3v) is 5.33. The van der Waals surface area contributed by atoms with Gasteiger partial charge in [-0.05, 0) is 49.6 Å². The van der Waals surface area contributed by atoms with Crippen molar-refractivity contribution in [3.63, 3.8) is 0 Å². The van der Waals surface area contributed by atoms with Gasteiger partial charge in [-0.3, -0.25) is 9.59 Å². The maximum atomic E-state index is 13.2. The minimum Gasteiger partial charge on any atom is -0.478 e. The van der Waals surface area contributed by atoms with Crippen LogP contribution in [0.4, 0.5) is 0 Å². The highest BCUT2D eigenvalue weighted by Crippen LogP contribution is 2.32. The Labute approximate surface area is 164 Å². The van der Waals surface area contributed by atoms with Crippen molar-refractivity contribution in [2.45, 2.75) is 31.8 Å². The summed E-state index contributed by atoms with van der Waals surface area (Å²) in [5.74, 6) is -1.23. The first-order valence-corrected chi connectivity index (χ1v) is 9.28. The molecule has 0 bridgehead atoms. The molecule has 1 heterocycles. The molecule has 1 atom stereocenters. The Morgan fingerprint density at radius 3 is 2.29 bits per heavy atom. The largest absolute Gasteiger partial charge is 0.478 e. The Kier molecular flexibility index (Phi) is 5.49. The molecule has 146 valence electrons. The van der Waals surface area contributed by atoms with Crippen LogP contribution >= 0.6 is 0 Å². The van der Waals surface area contributed by atoms with E-state index in [0.717, 1.165) is 12.0 Å². The lowest BCUT2D eigenvalue weighted by Gasteiger charge is -2.37. The third-order valence-electron chi connectivity index (χ3n) is 5.33. The maximum absolute atomic E-state index is 13.2. The number of nitrogens with zero attached hydrogens (tertiary/aromatic N) is 2. The van der Waals surface area contributed by atoms with Gasteiger partial charge in [0.25, 0.3) is 5.91 Å². The van der Waals surface area contributed by atoms with Gasteiger partial charge in [0.15, 0.2) is 0 Å². The molecule has 1 aliphatic rings. The van der Waals surface area contributed by atoms with Crippen molar-refractivity contribution in [3.05, 3.63) is 71.3 Å². The Hall–Kier alpha value is -3.15. The first kappa shape index (κ1) is 19.6. The van der Waals surface area contributed by atoms with E-state index in [1.54, 1.807) is 41.1 Å². The van der Waals surface area contributed by atoms with Crippen molar-refractivity contribution in [1.29, 1.82) is 0 Å². The predicted molar refractivity (Wildman–Crippen MR) is 105 cm³/mol. The zero-order valence-corrected chi connectivity index (χ0v) is 16.1. The second-order valence-electron chi connectivity index (χ2n) is 7.36. The van der Waals surface area contributed by atoms with Gasteiger partial charge in [-0.2, -0.15) is 0 Å². The number of likely N-dealkylation sites (N-methyl/N-ethyl adjacent to an activating group) is 1. The monoisotopic (exact) mass is 380 g/mol. The van der Waals surface area contributed by atoms with Crippen molar-refractivity contribution >= 4 is 17.8 Å². The minimum absolute atomic E-state index is 0.114. The Morgan fingerprint density at radius 1 is 1.04 bits per heavy atom. The van der Waals surface area contributed by atoms with Gasteiger partial charge in [0.1, 0.15) is 5.54 Å². The molecule has 1 aliphatic heterocycles.